The van der Waals surface area contributed by atoms with Gasteiger partial charge in [-0.25, -0.2) is 4.39 Å². The summed E-state index contributed by atoms with van der Waals surface area (Å²) in [6.45, 7) is 0. The van der Waals surface area contributed by atoms with E-state index in [-0.39, 0.29) is 11.7 Å². The molecule has 0 radical (unpaired) electrons. The largest absolute Gasteiger partial charge is 0.376 e. The second kappa shape index (κ2) is 4.68. The van der Waals surface area contributed by atoms with Crippen molar-refractivity contribution >= 4 is 11.4 Å². The Labute approximate surface area is 122 Å². The summed E-state index contributed by atoms with van der Waals surface area (Å²) in [6, 6.07) is 3.95. The standard InChI is InChI=1S/C16H19FN2O2/c17-13-1-2-15(19(20)21)14(8-13)18-16-11-4-9-3-10(6-11)7-12(16)5-9/h1-2,8-12,16,18H,3-7H2. The second-order valence-corrected chi connectivity index (χ2v) is 7.02. The van der Waals surface area contributed by atoms with E-state index in [2.05, 4.69) is 5.32 Å². The lowest BCUT2D eigenvalue weighted by Gasteiger charge is -2.54. The van der Waals surface area contributed by atoms with Crippen LogP contribution in [0, 0.1) is 39.6 Å². The molecule has 4 aliphatic rings. The average Bonchev–Trinajstić information content (AvgIpc) is 2.41. The van der Waals surface area contributed by atoms with Gasteiger partial charge in [0, 0.05) is 18.2 Å². The lowest BCUT2D eigenvalue weighted by Crippen LogP contribution is -2.51. The summed E-state index contributed by atoms with van der Waals surface area (Å²) in [6.07, 6.45) is 6.29. The zero-order valence-corrected chi connectivity index (χ0v) is 11.8. The first kappa shape index (κ1) is 13.0. The third-order valence-corrected chi connectivity index (χ3v) is 5.70. The summed E-state index contributed by atoms with van der Waals surface area (Å²) in [4.78, 5) is 10.7. The highest BCUT2D eigenvalue weighted by Crippen LogP contribution is 2.54. The van der Waals surface area contributed by atoms with Gasteiger partial charge in [0.25, 0.3) is 5.69 Å². The smallest absolute Gasteiger partial charge is 0.292 e. The number of nitro benzene ring substituents is 1. The number of nitrogens with zero attached hydrogens (tertiary/aromatic N) is 1. The molecule has 0 amide bonds. The minimum absolute atomic E-state index is 0.0230. The maximum absolute atomic E-state index is 13.5. The SMILES string of the molecule is O=[N+]([O-])c1ccc(F)cc1NC1C2CC3CC(C2)CC1C3. The van der Waals surface area contributed by atoms with Crippen molar-refractivity contribution in [1.29, 1.82) is 0 Å². The predicted octanol–water partition coefficient (Wildman–Crippen LogP) is 3.97. The normalized spacial score (nSPS) is 36.7. The van der Waals surface area contributed by atoms with Gasteiger partial charge in [-0.05, 0) is 61.8 Å². The number of rotatable bonds is 3. The van der Waals surface area contributed by atoms with Gasteiger partial charge in [0.2, 0.25) is 0 Å². The van der Waals surface area contributed by atoms with Crippen LogP contribution in [0.25, 0.3) is 0 Å². The molecule has 0 aliphatic heterocycles. The van der Waals surface area contributed by atoms with Gasteiger partial charge in [-0.15, -0.1) is 0 Å². The molecular weight excluding hydrogens is 271 g/mol. The van der Waals surface area contributed by atoms with E-state index in [0.717, 1.165) is 17.9 Å². The maximum atomic E-state index is 13.5. The zero-order valence-electron chi connectivity index (χ0n) is 11.8. The van der Waals surface area contributed by atoms with Crippen molar-refractivity contribution in [2.75, 3.05) is 5.32 Å². The highest BCUT2D eigenvalue weighted by molar-refractivity contribution is 5.62. The van der Waals surface area contributed by atoms with Gasteiger partial charge >= 0.3 is 0 Å². The van der Waals surface area contributed by atoms with Crippen molar-refractivity contribution in [3.05, 3.63) is 34.1 Å². The Hall–Kier alpha value is -1.65. The summed E-state index contributed by atoms with van der Waals surface area (Å²) in [5, 5.41) is 14.5. The molecule has 1 N–H and O–H groups in total. The molecule has 0 atom stereocenters. The Balaban J connectivity index is 1.61. The summed E-state index contributed by atoms with van der Waals surface area (Å²) in [7, 11) is 0. The molecule has 112 valence electrons. The molecule has 0 saturated heterocycles. The molecule has 0 spiro atoms. The first-order valence-electron chi connectivity index (χ1n) is 7.80. The van der Waals surface area contributed by atoms with Crippen LogP contribution >= 0.6 is 0 Å². The van der Waals surface area contributed by atoms with Gasteiger partial charge in [-0.2, -0.15) is 0 Å². The molecular formula is C16H19FN2O2. The van der Waals surface area contributed by atoms with Crippen LogP contribution in [0.15, 0.2) is 18.2 Å². The quantitative estimate of drug-likeness (QED) is 0.677. The first-order valence-corrected chi connectivity index (χ1v) is 7.80. The fourth-order valence-corrected chi connectivity index (χ4v) is 5.12. The van der Waals surface area contributed by atoms with E-state index in [1.807, 2.05) is 0 Å². The number of anilines is 1. The molecule has 4 nitrogen and oxygen atoms in total. The Morgan fingerprint density at radius 1 is 1.10 bits per heavy atom. The fraction of sp³-hybridized carbons (Fsp3) is 0.625. The molecule has 1 aromatic rings. The molecule has 4 aliphatic carbocycles. The van der Waals surface area contributed by atoms with Gasteiger partial charge in [0.1, 0.15) is 11.5 Å². The van der Waals surface area contributed by atoms with Crippen molar-refractivity contribution in [2.24, 2.45) is 23.7 Å². The van der Waals surface area contributed by atoms with Crippen LogP contribution in [0.2, 0.25) is 0 Å². The first-order chi connectivity index (χ1) is 10.1. The van der Waals surface area contributed by atoms with E-state index in [1.165, 1.54) is 44.2 Å². The topological polar surface area (TPSA) is 55.2 Å². The fourth-order valence-electron chi connectivity index (χ4n) is 5.12. The van der Waals surface area contributed by atoms with Crippen molar-refractivity contribution < 1.29 is 9.31 Å². The van der Waals surface area contributed by atoms with Crippen LogP contribution in [0.4, 0.5) is 15.8 Å². The molecule has 4 bridgehead atoms. The number of nitro groups is 1. The van der Waals surface area contributed by atoms with Gasteiger partial charge in [0.05, 0.1) is 4.92 Å². The van der Waals surface area contributed by atoms with Crippen molar-refractivity contribution in [2.45, 2.75) is 38.1 Å². The Kier molecular flexibility index (Phi) is 2.91. The van der Waals surface area contributed by atoms with Crippen LogP contribution in [0.5, 0.6) is 0 Å². The molecule has 0 heterocycles. The summed E-state index contributed by atoms with van der Waals surface area (Å²) in [5.74, 6) is 2.49. The van der Waals surface area contributed by atoms with Crippen LogP contribution in [-0.2, 0) is 0 Å². The van der Waals surface area contributed by atoms with Crippen LogP contribution in [0.1, 0.15) is 32.1 Å². The Bertz CT molecular complexity index is 562. The van der Waals surface area contributed by atoms with Crippen molar-refractivity contribution in [1.82, 2.24) is 0 Å². The third kappa shape index (κ3) is 2.19. The molecule has 4 fully saturated rings. The van der Waals surface area contributed by atoms with E-state index in [1.54, 1.807) is 0 Å². The van der Waals surface area contributed by atoms with E-state index < -0.39 is 10.7 Å². The lowest BCUT2D eigenvalue weighted by atomic mass is 9.54. The van der Waals surface area contributed by atoms with E-state index >= 15 is 0 Å². The van der Waals surface area contributed by atoms with Gasteiger partial charge in [-0.3, -0.25) is 10.1 Å². The highest BCUT2D eigenvalue weighted by atomic mass is 19.1. The predicted molar refractivity (Wildman–Crippen MR) is 77.5 cm³/mol. The monoisotopic (exact) mass is 290 g/mol. The van der Waals surface area contributed by atoms with E-state index in [0.29, 0.717) is 17.5 Å². The molecule has 0 unspecified atom stereocenters. The van der Waals surface area contributed by atoms with E-state index in [4.69, 9.17) is 0 Å². The molecule has 4 saturated carbocycles. The van der Waals surface area contributed by atoms with Crippen molar-refractivity contribution in [3.8, 4) is 0 Å². The summed E-state index contributed by atoms with van der Waals surface area (Å²) < 4.78 is 13.5. The van der Waals surface area contributed by atoms with Crippen LogP contribution in [-0.4, -0.2) is 11.0 Å². The zero-order chi connectivity index (χ0) is 14.6. The molecule has 1 aromatic carbocycles. The molecule has 0 aromatic heterocycles. The van der Waals surface area contributed by atoms with Gasteiger partial charge in [0.15, 0.2) is 0 Å². The van der Waals surface area contributed by atoms with E-state index in [9.17, 15) is 14.5 Å². The number of benzene rings is 1. The number of hydrogen-bond acceptors (Lipinski definition) is 3. The third-order valence-electron chi connectivity index (χ3n) is 5.70. The average molecular weight is 290 g/mol. The van der Waals surface area contributed by atoms with Crippen molar-refractivity contribution in [3.63, 3.8) is 0 Å². The number of nitrogens with one attached hydrogen (secondary N) is 1. The Morgan fingerprint density at radius 2 is 1.71 bits per heavy atom. The minimum Gasteiger partial charge on any atom is -0.376 e. The summed E-state index contributed by atoms with van der Waals surface area (Å²) >= 11 is 0. The lowest BCUT2D eigenvalue weighted by molar-refractivity contribution is -0.384. The highest BCUT2D eigenvalue weighted by Gasteiger charge is 2.48. The summed E-state index contributed by atoms with van der Waals surface area (Å²) in [5.41, 5.74) is 0.322. The van der Waals surface area contributed by atoms with Crippen LogP contribution in [0.3, 0.4) is 0 Å². The second-order valence-electron chi connectivity index (χ2n) is 7.02. The molecule has 5 heteroatoms. The minimum atomic E-state index is -0.433. The van der Waals surface area contributed by atoms with Crippen LogP contribution < -0.4 is 5.32 Å². The number of hydrogen-bond donors (Lipinski definition) is 1. The Morgan fingerprint density at radius 3 is 2.29 bits per heavy atom. The van der Waals surface area contributed by atoms with Gasteiger partial charge < -0.3 is 5.32 Å². The molecule has 5 rings (SSSR count). The maximum Gasteiger partial charge on any atom is 0.292 e. The number of halogens is 1. The molecule has 21 heavy (non-hydrogen) atoms. The van der Waals surface area contributed by atoms with Gasteiger partial charge in [-0.1, -0.05) is 0 Å².